The summed E-state index contributed by atoms with van der Waals surface area (Å²) in [6, 6.07) is 3.50. The SMILES string of the molecule is CCOCc1cc(Cl)c(OCC)c(C(N)CN)c1. The Labute approximate surface area is 113 Å². The van der Waals surface area contributed by atoms with Crippen molar-refractivity contribution >= 4 is 11.6 Å². The quantitative estimate of drug-likeness (QED) is 0.799. The molecule has 1 aromatic carbocycles. The van der Waals surface area contributed by atoms with Crippen molar-refractivity contribution in [3.63, 3.8) is 0 Å². The van der Waals surface area contributed by atoms with E-state index >= 15 is 0 Å². The van der Waals surface area contributed by atoms with E-state index in [1.807, 2.05) is 26.0 Å². The van der Waals surface area contributed by atoms with Gasteiger partial charge in [0.15, 0.2) is 0 Å². The molecule has 0 aliphatic rings. The normalized spacial score (nSPS) is 12.5. The van der Waals surface area contributed by atoms with Crippen molar-refractivity contribution in [1.82, 2.24) is 0 Å². The second-order valence-electron chi connectivity index (χ2n) is 3.91. The number of ether oxygens (including phenoxy) is 2. The average molecular weight is 273 g/mol. The van der Waals surface area contributed by atoms with E-state index in [0.29, 0.717) is 37.1 Å². The number of hydrogen-bond donors (Lipinski definition) is 2. The highest BCUT2D eigenvalue weighted by Gasteiger charge is 2.16. The first-order chi connectivity index (χ1) is 8.63. The van der Waals surface area contributed by atoms with Crippen molar-refractivity contribution in [2.24, 2.45) is 11.5 Å². The van der Waals surface area contributed by atoms with Crippen LogP contribution in [-0.4, -0.2) is 19.8 Å². The fraction of sp³-hybridized carbons (Fsp3) is 0.538. The lowest BCUT2D eigenvalue weighted by molar-refractivity contribution is 0.134. The highest BCUT2D eigenvalue weighted by atomic mass is 35.5. The van der Waals surface area contributed by atoms with Gasteiger partial charge in [-0.3, -0.25) is 0 Å². The van der Waals surface area contributed by atoms with Crippen LogP contribution < -0.4 is 16.2 Å². The second-order valence-corrected chi connectivity index (χ2v) is 4.32. The second kappa shape index (κ2) is 7.59. The summed E-state index contributed by atoms with van der Waals surface area (Å²) in [6.07, 6.45) is 0. The van der Waals surface area contributed by atoms with Gasteiger partial charge in [-0.2, -0.15) is 0 Å². The predicted molar refractivity (Wildman–Crippen MR) is 73.9 cm³/mol. The summed E-state index contributed by atoms with van der Waals surface area (Å²) >= 11 is 6.22. The standard InChI is InChI=1S/C13H21ClN2O2/c1-3-17-8-9-5-10(12(16)7-15)13(18-4-2)11(14)6-9/h5-6,12H,3-4,7-8,15-16H2,1-2H3. The van der Waals surface area contributed by atoms with Crippen LogP contribution in [0.15, 0.2) is 12.1 Å². The molecule has 0 aliphatic carbocycles. The van der Waals surface area contributed by atoms with Gasteiger partial charge in [-0.05, 0) is 31.5 Å². The van der Waals surface area contributed by atoms with Crippen molar-refractivity contribution in [2.75, 3.05) is 19.8 Å². The smallest absolute Gasteiger partial charge is 0.142 e. The number of hydrogen-bond acceptors (Lipinski definition) is 4. The Hall–Kier alpha value is -0.810. The average Bonchev–Trinajstić information content (AvgIpc) is 2.38. The molecule has 1 unspecified atom stereocenters. The van der Waals surface area contributed by atoms with Gasteiger partial charge in [0.25, 0.3) is 0 Å². The first-order valence-corrected chi connectivity index (χ1v) is 6.50. The van der Waals surface area contributed by atoms with Crippen LogP contribution in [-0.2, 0) is 11.3 Å². The van der Waals surface area contributed by atoms with Gasteiger partial charge in [-0.1, -0.05) is 11.6 Å². The molecule has 4 N–H and O–H groups in total. The van der Waals surface area contributed by atoms with Gasteiger partial charge in [-0.15, -0.1) is 0 Å². The van der Waals surface area contributed by atoms with E-state index in [0.717, 1.165) is 11.1 Å². The molecule has 0 fully saturated rings. The van der Waals surface area contributed by atoms with Crippen molar-refractivity contribution in [2.45, 2.75) is 26.5 Å². The lowest BCUT2D eigenvalue weighted by atomic mass is 10.0. The fourth-order valence-corrected chi connectivity index (χ4v) is 1.98. The maximum Gasteiger partial charge on any atom is 0.142 e. The van der Waals surface area contributed by atoms with E-state index in [-0.39, 0.29) is 6.04 Å². The van der Waals surface area contributed by atoms with E-state index < -0.39 is 0 Å². The van der Waals surface area contributed by atoms with Crippen LogP contribution in [0.2, 0.25) is 5.02 Å². The molecule has 1 atom stereocenters. The summed E-state index contributed by atoms with van der Waals surface area (Å²) in [4.78, 5) is 0. The summed E-state index contributed by atoms with van der Waals surface area (Å²) in [5, 5.41) is 0.549. The zero-order valence-electron chi connectivity index (χ0n) is 10.9. The lowest BCUT2D eigenvalue weighted by Gasteiger charge is -2.18. The van der Waals surface area contributed by atoms with Gasteiger partial charge in [0.2, 0.25) is 0 Å². The maximum atomic E-state index is 6.22. The Morgan fingerprint density at radius 1 is 1.28 bits per heavy atom. The van der Waals surface area contributed by atoms with Gasteiger partial charge >= 0.3 is 0 Å². The van der Waals surface area contributed by atoms with Crippen LogP contribution in [0.3, 0.4) is 0 Å². The minimum absolute atomic E-state index is 0.286. The number of halogens is 1. The monoisotopic (exact) mass is 272 g/mol. The Morgan fingerprint density at radius 2 is 2.00 bits per heavy atom. The lowest BCUT2D eigenvalue weighted by Crippen LogP contribution is -2.22. The first kappa shape index (κ1) is 15.2. The largest absolute Gasteiger partial charge is 0.492 e. The molecule has 0 saturated heterocycles. The molecule has 4 nitrogen and oxygen atoms in total. The Kier molecular flexibility index (Phi) is 6.43. The molecule has 1 aromatic rings. The summed E-state index contributed by atoms with van der Waals surface area (Å²) in [5.41, 5.74) is 13.4. The van der Waals surface area contributed by atoms with Crippen LogP contribution >= 0.6 is 11.6 Å². The summed E-state index contributed by atoms with van der Waals surface area (Å²) in [7, 11) is 0. The molecule has 0 aromatic heterocycles. The van der Waals surface area contributed by atoms with Gasteiger partial charge in [0.05, 0.1) is 18.2 Å². The minimum atomic E-state index is -0.286. The summed E-state index contributed by atoms with van der Waals surface area (Å²) in [6.45, 7) is 5.89. The highest BCUT2D eigenvalue weighted by molar-refractivity contribution is 6.32. The first-order valence-electron chi connectivity index (χ1n) is 6.12. The molecule has 0 spiro atoms. The molecular formula is C13H21ClN2O2. The molecule has 18 heavy (non-hydrogen) atoms. The molecule has 0 saturated carbocycles. The maximum absolute atomic E-state index is 6.22. The highest BCUT2D eigenvalue weighted by Crippen LogP contribution is 2.33. The summed E-state index contributed by atoms with van der Waals surface area (Å²) < 4.78 is 10.9. The van der Waals surface area contributed by atoms with Crippen LogP contribution in [0.5, 0.6) is 5.75 Å². The van der Waals surface area contributed by atoms with Crippen LogP contribution in [0.25, 0.3) is 0 Å². The predicted octanol–water partition coefficient (Wildman–Crippen LogP) is 2.23. The molecule has 102 valence electrons. The Bertz CT molecular complexity index is 385. The fourth-order valence-electron chi connectivity index (χ4n) is 1.68. The molecule has 0 bridgehead atoms. The number of rotatable bonds is 7. The van der Waals surface area contributed by atoms with Crippen molar-refractivity contribution in [3.8, 4) is 5.75 Å². The molecule has 0 aliphatic heterocycles. The zero-order chi connectivity index (χ0) is 13.5. The molecular weight excluding hydrogens is 252 g/mol. The van der Waals surface area contributed by atoms with E-state index in [1.54, 1.807) is 0 Å². The zero-order valence-corrected chi connectivity index (χ0v) is 11.7. The van der Waals surface area contributed by atoms with Gasteiger partial charge in [-0.25, -0.2) is 0 Å². The van der Waals surface area contributed by atoms with Gasteiger partial charge in [0.1, 0.15) is 5.75 Å². The van der Waals surface area contributed by atoms with Crippen LogP contribution in [0, 0.1) is 0 Å². The third-order valence-electron chi connectivity index (χ3n) is 2.55. The molecule has 0 heterocycles. The summed E-state index contributed by atoms with van der Waals surface area (Å²) in [5.74, 6) is 0.623. The van der Waals surface area contributed by atoms with Crippen molar-refractivity contribution < 1.29 is 9.47 Å². The minimum Gasteiger partial charge on any atom is -0.492 e. The third kappa shape index (κ3) is 3.85. The molecule has 1 rings (SSSR count). The van der Waals surface area contributed by atoms with E-state index in [2.05, 4.69) is 0 Å². The molecule has 0 amide bonds. The number of benzene rings is 1. The molecule has 5 heteroatoms. The van der Waals surface area contributed by atoms with Crippen LogP contribution in [0.4, 0.5) is 0 Å². The van der Waals surface area contributed by atoms with Crippen molar-refractivity contribution in [1.29, 1.82) is 0 Å². The van der Waals surface area contributed by atoms with E-state index in [9.17, 15) is 0 Å². The van der Waals surface area contributed by atoms with E-state index in [1.165, 1.54) is 0 Å². The topological polar surface area (TPSA) is 70.5 Å². The van der Waals surface area contributed by atoms with Gasteiger partial charge < -0.3 is 20.9 Å². The van der Waals surface area contributed by atoms with E-state index in [4.69, 9.17) is 32.5 Å². The Balaban J connectivity index is 3.10. The Morgan fingerprint density at radius 3 is 2.56 bits per heavy atom. The van der Waals surface area contributed by atoms with Crippen LogP contribution in [0.1, 0.15) is 31.0 Å². The van der Waals surface area contributed by atoms with Gasteiger partial charge in [0, 0.05) is 24.8 Å². The number of nitrogens with two attached hydrogens (primary N) is 2. The third-order valence-corrected chi connectivity index (χ3v) is 2.83. The molecule has 0 radical (unpaired) electrons. The van der Waals surface area contributed by atoms with Crippen molar-refractivity contribution in [3.05, 3.63) is 28.3 Å².